The van der Waals surface area contributed by atoms with E-state index >= 15 is 0 Å². The van der Waals surface area contributed by atoms with Crippen LogP contribution in [0.3, 0.4) is 0 Å². The number of hydrogen-bond acceptors (Lipinski definition) is 7. The number of fused-ring (bicyclic) bond motifs is 1. The second-order valence-electron chi connectivity index (χ2n) is 7.14. The van der Waals surface area contributed by atoms with Gasteiger partial charge in [0.05, 0.1) is 30.7 Å². The molecule has 0 fully saturated rings. The summed E-state index contributed by atoms with van der Waals surface area (Å²) in [5, 5.41) is 9.99. The molecule has 1 heterocycles. The molecule has 1 unspecified atom stereocenters. The lowest BCUT2D eigenvalue weighted by atomic mass is 9.83. The number of allylic oxidation sites excluding steroid dienone is 1. The average Bonchev–Trinajstić information content (AvgIpc) is 2.83. The molecular formula is C25H19ClN2O5. The molecule has 0 aromatic heterocycles. The molecule has 0 saturated heterocycles. The molecule has 0 saturated carbocycles. The minimum absolute atomic E-state index is 0.00349. The van der Waals surface area contributed by atoms with Crippen LogP contribution in [0.4, 0.5) is 0 Å². The van der Waals surface area contributed by atoms with Crippen molar-refractivity contribution >= 4 is 17.6 Å². The maximum absolute atomic E-state index is 12.6. The quantitative estimate of drug-likeness (QED) is 0.429. The molecule has 0 aliphatic carbocycles. The topological polar surface area (TPSA) is 104 Å². The van der Waals surface area contributed by atoms with Crippen LogP contribution in [0.5, 0.6) is 23.0 Å². The van der Waals surface area contributed by atoms with E-state index in [2.05, 4.69) is 6.07 Å². The zero-order valence-electron chi connectivity index (χ0n) is 17.8. The maximum Gasteiger partial charge on any atom is 0.343 e. The molecule has 4 rings (SSSR count). The predicted octanol–water partition coefficient (Wildman–Crippen LogP) is 4.79. The van der Waals surface area contributed by atoms with Crippen molar-refractivity contribution in [2.24, 2.45) is 5.73 Å². The van der Waals surface area contributed by atoms with Crippen molar-refractivity contribution in [2.45, 2.75) is 5.92 Å². The fraction of sp³-hybridized carbons (Fsp3) is 0.120. The van der Waals surface area contributed by atoms with Crippen LogP contribution in [0.1, 0.15) is 27.4 Å². The number of nitrogens with two attached hydrogens (primary N) is 1. The number of ether oxygens (including phenoxy) is 4. The maximum atomic E-state index is 12.6. The third-order valence-corrected chi connectivity index (χ3v) is 5.53. The highest BCUT2D eigenvalue weighted by molar-refractivity contribution is 6.32. The number of benzene rings is 3. The third kappa shape index (κ3) is 4.29. The summed E-state index contributed by atoms with van der Waals surface area (Å²) in [5.41, 5.74) is 8.18. The molecule has 33 heavy (non-hydrogen) atoms. The second-order valence-corrected chi connectivity index (χ2v) is 7.54. The van der Waals surface area contributed by atoms with Crippen molar-refractivity contribution in [3.05, 3.63) is 93.8 Å². The van der Waals surface area contributed by atoms with E-state index in [1.165, 1.54) is 13.2 Å². The van der Waals surface area contributed by atoms with Crippen LogP contribution in [-0.2, 0) is 0 Å². The van der Waals surface area contributed by atoms with E-state index in [1.807, 2.05) is 24.3 Å². The summed E-state index contributed by atoms with van der Waals surface area (Å²) < 4.78 is 21.5. The molecule has 0 amide bonds. The average molecular weight is 463 g/mol. The lowest BCUT2D eigenvalue weighted by Crippen LogP contribution is -2.21. The highest BCUT2D eigenvalue weighted by Gasteiger charge is 2.31. The minimum atomic E-state index is -0.594. The summed E-state index contributed by atoms with van der Waals surface area (Å²) in [6.07, 6.45) is 0. The monoisotopic (exact) mass is 462 g/mol. The first kappa shape index (κ1) is 22.1. The zero-order chi connectivity index (χ0) is 23.5. The Kier molecular flexibility index (Phi) is 6.11. The highest BCUT2D eigenvalue weighted by atomic mass is 35.5. The van der Waals surface area contributed by atoms with Gasteiger partial charge in [0.25, 0.3) is 0 Å². The summed E-state index contributed by atoms with van der Waals surface area (Å²) in [6, 6.07) is 19.1. The Balaban J connectivity index is 1.65. The number of nitrogens with zero attached hydrogens (tertiary/aromatic N) is 1. The van der Waals surface area contributed by atoms with E-state index in [-0.39, 0.29) is 17.2 Å². The molecule has 7 nitrogen and oxygen atoms in total. The molecule has 0 bridgehead atoms. The molecular weight excluding hydrogens is 444 g/mol. The molecule has 166 valence electrons. The van der Waals surface area contributed by atoms with Crippen LogP contribution in [0.25, 0.3) is 0 Å². The van der Waals surface area contributed by atoms with Gasteiger partial charge >= 0.3 is 5.97 Å². The predicted molar refractivity (Wildman–Crippen MR) is 122 cm³/mol. The van der Waals surface area contributed by atoms with Gasteiger partial charge in [-0.3, -0.25) is 0 Å². The van der Waals surface area contributed by atoms with Gasteiger partial charge in [0.2, 0.25) is 5.88 Å². The molecule has 3 aromatic rings. The second kappa shape index (κ2) is 9.15. The van der Waals surface area contributed by atoms with Crippen molar-refractivity contribution in [1.29, 1.82) is 5.26 Å². The van der Waals surface area contributed by atoms with E-state index < -0.39 is 11.9 Å². The van der Waals surface area contributed by atoms with Gasteiger partial charge in [-0.05, 0) is 42.0 Å². The van der Waals surface area contributed by atoms with Crippen molar-refractivity contribution in [3.8, 4) is 29.1 Å². The van der Waals surface area contributed by atoms with Crippen LogP contribution >= 0.6 is 11.6 Å². The number of nitriles is 1. The Hall–Kier alpha value is -4.15. The van der Waals surface area contributed by atoms with E-state index in [0.29, 0.717) is 27.8 Å². The smallest absolute Gasteiger partial charge is 0.343 e. The molecule has 1 atom stereocenters. The summed E-state index contributed by atoms with van der Waals surface area (Å²) in [4.78, 5) is 12.6. The SMILES string of the molecule is COc1ccc(C2C(C#N)=C(N)Oc3cc(OC(=O)c4ccc(OC)c(Cl)c4)ccc32)cc1. The van der Waals surface area contributed by atoms with E-state index in [4.69, 9.17) is 36.3 Å². The van der Waals surface area contributed by atoms with Crippen LogP contribution < -0.4 is 24.7 Å². The summed E-state index contributed by atoms with van der Waals surface area (Å²) in [6.45, 7) is 0. The molecule has 3 aromatic carbocycles. The largest absolute Gasteiger partial charge is 0.497 e. The zero-order valence-corrected chi connectivity index (χ0v) is 18.6. The molecule has 0 radical (unpaired) electrons. The fourth-order valence-corrected chi connectivity index (χ4v) is 3.86. The van der Waals surface area contributed by atoms with Gasteiger partial charge in [-0.2, -0.15) is 5.26 Å². The third-order valence-electron chi connectivity index (χ3n) is 5.24. The number of halogens is 1. The molecule has 0 spiro atoms. The first-order valence-corrected chi connectivity index (χ1v) is 10.2. The van der Waals surface area contributed by atoms with Crippen molar-refractivity contribution < 1.29 is 23.7 Å². The van der Waals surface area contributed by atoms with Gasteiger partial charge < -0.3 is 24.7 Å². The molecule has 1 aliphatic rings. The number of carbonyl (C=O) groups is 1. The van der Waals surface area contributed by atoms with Crippen LogP contribution in [-0.4, -0.2) is 20.2 Å². The van der Waals surface area contributed by atoms with Crippen LogP contribution in [0.2, 0.25) is 5.02 Å². The minimum Gasteiger partial charge on any atom is -0.497 e. The molecule has 1 aliphatic heterocycles. The highest BCUT2D eigenvalue weighted by Crippen LogP contribution is 2.43. The van der Waals surface area contributed by atoms with E-state index in [0.717, 1.165) is 11.1 Å². The first-order chi connectivity index (χ1) is 15.9. The molecule has 2 N–H and O–H groups in total. The first-order valence-electron chi connectivity index (χ1n) is 9.86. The van der Waals surface area contributed by atoms with Crippen molar-refractivity contribution in [2.75, 3.05) is 14.2 Å². The Labute approximate surface area is 195 Å². The van der Waals surface area contributed by atoms with E-state index in [9.17, 15) is 10.1 Å². The van der Waals surface area contributed by atoms with Gasteiger partial charge in [-0.25, -0.2) is 4.79 Å². The van der Waals surface area contributed by atoms with Gasteiger partial charge in [0.15, 0.2) is 0 Å². The number of methoxy groups -OCH3 is 2. The number of carbonyl (C=O) groups excluding carboxylic acids is 1. The normalized spacial score (nSPS) is 14.5. The number of esters is 1. The lowest BCUT2D eigenvalue weighted by Gasteiger charge is -2.26. The van der Waals surface area contributed by atoms with Gasteiger partial charge in [0.1, 0.15) is 34.6 Å². The van der Waals surface area contributed by atoms with Gasteiger partial charge in [0, 0.05) is 11.6 Å². The Morgan fingerprint density at radius 2 is 1.76 bits per heavy atom. The van der Waals surface area contributed by atoms with Crippen molar-refractivity contribution in [1.82, 2.24) is 0 Å². The van der Waals surface area contributed by atoms with Gasteiger partial charge in [-0.15, -0.1) is 0 Å². The summed E-state index contributed by atoms with van der Waals surface area (Å²) >= 11 is 6.10. The van der Waals surface area contributed by atoms with Crippen LogP contribution in [0.15, 0.2) is 72.1 Å². The fourth-order valence-electron chi connectivity index (χ4n) is 3.60. The summed E-state index contributed by atoms with van der Waals surface area (Å²) in [5.74, 6) is 0.768. The van der Waals surface area contributed by atoms with E-state index in [1.54, 1.807) is 37.4 Å². The summed E-state index contributed by atoms with van der Waals surface area (Å²) in [7, 11) is 3.07. The van der Waals surface area contributed by atoms with Crippen molar-refractivity contribution in [3.63, 3.8) is 0 Å². The Morgan fingerprint density at radius 1 is 1.03 bits per heavy atom. The number of rotatable bonds is 5. The van der Waals surface area contributed by atoms with Crippen LogP contribution in [0, 0.1) is 11.3 Å². The molecule has 8 heteroatoms. The number of hydrogen-bond donors (Lipinski definition) is 1. The Bertz CT molecular complexity index is 1300. The Morgan fingerprint density at radius 3 is 2.39 bits per heavy atom. The lowest BCUT2D eigenvalue weighted by molar-refractivity contribution is 0.0734. The standard InChI is InChI=1S/C25H19ClN2O5/c1-30-16-6-3-14(4-7-16)23-18-9-8-17(12-22(18)33-24(28)19(23)13-27)32-25(29)15-5-10-21(31-2)20(26)11-15/h3-12,23H,28H2,1-2H3. The van der Waals surface area contributed by atoms with Gasteiger partial charge in [-0.1, -0.05) is 29.8 Å².